The molecule has 0 aromatic heterocycles. The van der Waals surface area contributed by atoms with E-state index in [2.05, 4.69) is 130 Å². The van der Waals surface area contributed by atoms with Gasteiger partial charge in [-0.1, -0.05) is 265 Å². The van der Waals surface area contributed by atoms with Crippen LogP contribution in [0.4, 0.5) is 0 Å². The number of carbonyl (C=O) groups excluding carboxylic acids is 3. The minimum absolute atomic E-state index is 0.0878. The van der Waals surface area contributed by atoms with Crippen LogP contribution in [-0.2, 0) is 28.6 Å². The highest BCUT2D eigenvalue weighted by Crippen LogP contribution is 2.16. The zero-order valence-electron chi connectivity index (χ0n) is 49.7. The molecule has 0 saturated carbocycles. The first-order valence-electron chi connectivity index (χ1n) is 31.9. The van der Waals surface area contributed by atoms with E-state index in [9.17, 15) is 14.4 Å². The number of unbranched alkanes of at least 4 members (excludes halogenated alkanes) is 28. The second-order valence-corrected chi connectivity index (χ2v) is 20.9. The van der Waals surface area contributed by atoms with Crippen molar-refractivity contribution < 1.29 is 28.6 Å². The lowest BCUT2D eigenvalue weighted by Crippen LogP contribution is -2.30. The van der Waals surface area contributed by atoms with Crippen LogP contribution in [-0.4, -0.2) is 37.2 Å². The summed E-state index contributed by atoms with van der Waals surface area (Å²) in [6, 6.07) is 0. The Morgan fingerprint density at radius 1 is 0.276 bits per heavy atom. The number of hydrogen-bond donors (Lipinski definition) is 0. The smallest absolute Gasteiger partial charge is 0.306 e. The molecule has 0 aliphatic rings. The van der Waals surface area contributed by atoms with Crippen molar-refractivity contribution in [2.24, 2.45) is 0 Å². The first-order valence-corrected chi connectivity index (χ1v) is 31.9. The first-order chi connectivity index (χ1) is 37.5. The molecule has 0 spiro atoms. The number of hydrogen-bond acceptors (Lipinski definition) is 6. The summed E-state index contributed by atoms with van der Waals surface area (Å²) < 4.78 is 16.9. The molecule has 6 heteroatoms. The molecule has 76 heavy (non-hydrogen) atoms. The molecule has 0 heterocycles. The van der Waals surface area contributed by atoms with Gasteiger partial charge < -0.3 is 14.2 Å². The van der Waals surface area contributed by atoms with Crippen molar-refractivity contribution in [3.63, 3.8) is 0 Å². The monoisotopic (exact) mass is 1050 g/mol. The van der Waals surface area contributed by atoms with Gasteiger partial charge in [0.25, 0.3) is 0 Å². The normalized spacial score (nSPS) is 12.8. The maximum Gasteiger partial charge on any atom is 0.306 e. The Bertz CT molecular complexity index is 1540. The van der Waals surface area contributed by atoms with Crippen LogP contribution < -0.4 is 0 Å². The van der Waals surface area contributed by atoms with E-state index in [1.165, 1.54) is 122 Å². The van der Waals surface area contributed by atoms with Crippen LogP contribution in [0.1, 0.15) is 297 Å². The number of esters is 3. The van der Waals surface area contributed by atoms with Gasteiger partial charge in [-0.05, 0) is 122 Å². The highest BCUT2D eigenvalue weighted by molar-refractivity contribution is 5.71. The fourth-order valence-electron chi connectivity index (χ4n) is 8.77. The van der Waals surface area contributed by atoms with Crippen molar-refractivity contribution in [2.45, 2.75) is 303 Å². The summed E-state index contributed by atoms with van der Waals surface area (Å²) in [6.45, 7) is 6.40. The van der Waals surface area contributed by atoms with Gasteiger partial charge in [-0.25, -0.2) is 0 Å². The molecule has 1 atom stereocenters. The summed E-state index contributed by atoms with van der Waals surface area (Å²) in [5, 5.41) is 0. The van der Waals surface area contributed by atoms with E-state index in [4.69, 9.17) is 14.2 Å². The molecule has 1 unspecified atom stereocenters. The summed E-state index contributed by atoms with van der Waals surface area (Å²) >= 11 is 0. The summed E-state index contributed by atoms with van der Waals surface area (Å²) in [4.78, 5) is 38.3. The van der Waals surface area contributed by atoms with Gasteiger partial charge in [-0.2, -0.15) is 0 Å². The number of allylic oxidation sites excluding steroid dienone is 18. The van der Waals surface area contributed by atoms with E-state index < -0.39 is 6.10 Å². The van der Waals surface area contributed by atoms with E-state index in [0.717, 1.165) is 135 Å². The van der Waals surface area contributed by atoms with Crippen molar-refractivity contribution in [2.75, 3.05) is 13.2 Å². The maximum atomic E-state index is 12.9. The van der Waals surface area contributed by atoms with Crippen LogP contribution in [0, 0.1) is 0 Å². The lowest BCUT2D eigenvalue weighted by atomic mass is 10.0. The Morgan fingerprint density at radius 3 is 0.816 bits per heavy atom. The van der Waals surface area contributed by atoms with E-state index in [1.807, 2.05) is 0 Å². The second kappa shape index (κ2) is 63.6. The van der Waals surface area contributed by atoms with Crippen molar-refractivity contribution in [3.8, 4) is 0 Å². The Labute approximate surface area is 470 Å². The van der Waals surface area contributed by atoms with Gasteiger partial charge in [0, 0.05) is 19.3 Å². The molecule has 0 N–H and O–H groups in total. The van der Waals surface area contributed by atoms with E-state index in [-0.39, 0.29) is 31.1 Å². The molecule has 0 aromatic carbocycles. The second-order valence-electron chi connectivity index (χ2n) is 20.9. The molecular weight excluding hydrogens is 937 g/mol. The van der Waals surface area contributed by atoms with Gasteiger partial charge in [0.2, 0.25) is 0 Å². The molecule has 0 aliphatic heterocycles. The third-order valence-corrected chi connectivity index (χ3v) is 13.5. The molecule has 6 nitrogen and oxygen atoms in total. The predicted molar refractivity (Wildman–Crippen MR) is 330 cm³/mol. The number of ether oxygens (including phenoxy) is 3. The van der Waals surface area contributed by atoms with Gasteiger partial charge in [-0.3, -0.25) is 14.4 Å². The van der Waals surface area contributed by atoms with Gasteiger partial charge in [-0.15, -0.1) is 0 Å². The fourth-order valence-corrected chi connectivity index (χ4v) is 8.77. The van der Waals surface area contributed by atoms with Gasteiger partial charge in [0.05, 0.1) is 0 Å². The largest absolute Gasteiger partial charge is 0.462 e. The SMILES string of the molecule is CC/C=C\C/C=C\C/C=C\C/C=C\C/C=C\CCCCCCCCCCCCCCCC(=O)OCC(COC(=O)CCCCCCC/C=C\CCCCCCC)OC(=O)CCCCCCC/C=C\C/C=C\C/C=C\CC. The van der Waals surface area contributed by atoms with Gasteiger partial charge in [0.15, 0.2) is 6.10 Å². The Kier molecular flexibility index (Phi) is 60.3. The molecule has 0 aliphatic carbocycles. The van der Waals surface area contributed by atoms with Crippen LogP contribution in [0.25, 0.3) is 0 Å². The average molecular weight is 1060 g/mol. The molecule has 0 bridgehead atoms. The lowest BCUT2D eigenvalue weighted by Gasteiger charge is -2.18. The third-order valence-electron chi connectivity index (χ3n) is 13.5. The Balaban J connectivity index is 4.27. The Hall–Kier alpha value is -3.93. The highest BCUT2D eigenvalue weighted by Gasteiger charge is 2.19. The van der Waals surface area contributed by atoms with Crippen LogP contribution in [0.2, 0.25) is 0 Å². The molecule has 0 fully saturated rings. The van der Waals surface area contributed by atoms with Crippen molar-refractivity contribution in [1.82, 2.24) is 0 Å². The summed E-state index contributed by atoms with van der Waals surface area (Å²) in [5.74, 6) is -0.908. The van der Waals surface area contributed by atoms with Gasteiger partial charge >= 0.3 is 17.9 Å². The van der Waals surface area contributed by atoms with E-state index in [1.54, 1.807) is 0 Å². The summed E-state index contributed by atoms with van der Waals surface area (Å²) in [5.41, 5.74) is 0. The minimum Gasteiger partial charge on any atom is -0.462 e. The summed E-state index contributed by atoms with van der Waals surface area (Å²) in [7, 11) is 0. The van der Waals surface area contributed by atoms with Crippen LogP contribution in [0.3, 0.4) is 0 Å². The average Bonchev–Trinajstić information content (AvgIpc) is 3.42. The maximum absolute atomic E-state index is 12.9. The topological polar surface area (TPSA) is 78.9 Å². The zero-order chi connectivity index (χ0) is 55.0. The van der Waals surface area contributed by atoms with Crippen LogP contribution in [0.15, 0.2) is 109 Å². The zero-order valence-corrected chi connectivity index (χ0v) is 49.7. The molecule has 0 rings (SSSR count). The quantitative estimate of drug-likeness (QED) is 0.0261. The van der Waals surface area contributed by atoms with E-state index >= 15 is 0 Å². The minimum atomic E-state index is -0.792. The fraction of sp³-hybridized carbons (Fsp3) is 0.700. The van der Waals surface area contributed by atoms with Gasteiger partial charge in [0.1, 0.15) is 13.2 Å². The summed E-state index contributed by atoms with van der Waals surface area (Å²) in [6.07, 6.45) is 86.7. The molecule has 0 aromatic rings. The third kappa shape index (κ3) is 60.9. The standard InChI is InChI=1S/C70H118O6/c1-4-7-10-13-16-19-22-25-28-29-30-31-32-33-34-35-36-37-38-39-40-41-43-45-48-51-54-57-60-63-69(72)75-66-67(65-74-68(71)62-59-56-53-50-47-44-27-24-21-18-15-12-9-6-3)76-70(73)64-61-58-55-52-49-46-42-26-23-20-17-14-11-8-5-2/h7-8,10-11,16-17,19-20,24-28,30-31,33-34,42,67H,4-6,9,12-15,18,21-23,29,32,35-41,43-66H2,1-3H3/b10-7-,11-8-,19-16-,20-17-,27-24-,28-25-,31-30-,34-33-,42-26-. The van der Waals surface area contributed by atoms with E-state index in [0.29, 0.717) is 19.3 Å². The lowest BCUT2D eigenvalue weighted by molar-refractivity contribution is -0.167. The number of carbonyl (C=O) groups is 3. The first kappa shape index (κ1) is 72.1. The Morgan fingerprint density at radius 2 is 0.513 bits per heavy atom. The van der Waals surface area contributed by atoms with Crippen LogP contribution in [0.5, 0.6) is 0 Å². The van der Waals surface area contributed by atoms with Crippen LogP contribution >= 0.6 is 0 Å². The predicted octanol–water partition coefficient (Wildman–Crippen LogP) is 21.8. The number of rotatable bonds is 57. The van der Waals surface area contributed by atoms with Crippen molar-refractivity contribution >= 4 is 17.9 Å². The molecule has 434 valence electrons. The van der Waals surface area contributed by atoms with Crippen molar-refractivity contribution in [1.29, 1.82) is 0 Å². The molecule has 0 saturated heterocycles. The molecular formula is C70H118O6. The molecule has 0 radical (unpaired) electrons. The van der Waals surface area contributed by atoms with Crippen molar-refractivity contribution in [3.05, 3.63) is 109 Å². The highest BCUT2D eigenvalue weighted by atomic mass is 16.6. The molecule has 0 amide bonds.